The number of carboxylic acids is 1. The van der Waals surface area contributed by atoms with Crippen LogP contribution in [-0.2, 0) is 16.6 Å². The molecule has 0 saturated heterocycles. The number of thiazole rings is 1. The number of aromatic nitrogens is 3. The number of fused-ring (bicyclic) bond motifs is 1. The van der Waals surface area contributed by atoms with Crippen molar-refractivity contribution in [3.8, 4) is 22.5 Å². The minimum absolute atomic E-state index is 0.518. The molecule has 0 amide bonds. The highest BCUT2D eigenvalue weighted by Crippen LogP contribution is 2.42. The number of aryl methyl sites for hydroxylation is 2. The number of carbonyl (C=O) groups is 1. The third-order valence-corrected chi connectivity index (χ3v) is 7.37. The number of carboxylic acid groups (broad SMARTS) is 1. The van der Waals surface area contributed by atoms with Crippen LogP contribution in [0.25, 0.3) is 39.1 Å². The number of aliphatic carboxylic acids is 1. The fourth-order valence-electron chi connectivity index (χ4n) is 4.43. The predicted molar refractivity (Wildman–Crippen MR) is 161 cm³/mol. The summed E-state index contributed by atoms with van der Waals surface area (Å²) in [5.74, 6) is -1.08. The van der Waals surface area contributed by atoms with Crippen LogP contribution in [0.2, 0.25) is 5.02 Å². The second-order valence-electron chi connectivity index (χ2n) is 10.2. The number of pyridine rings is 1. The monoisotopic (exact) mass is 562 g/mol. The number of hydrogen-bond acceptors (Lipinski definition) is 6. The zero-order chi connectivity index (χ0) is 28.5. The van der Waals surface area contributed by atoms with Crippen LogP contribution >= 0.6 is 22.9 Å². The van der Waals surface area contributed by atoms with Gasteiger partial charge in [-0.3, -0.25) is 4.99 Å². The lowest BCUT2D eigenvalue weighted by Gasteiger charge is -2.27. The summed E-state index contributed by atoms with van der Waals surface area (Å²) in [4.78, 5) is 26.0. The zero-order valence-corrected chi connectivity index (χ0v) is 24.4. The van der Waals surface area contributed by atoms with E-state index in [0.717, 1.165) is 44.1 Å². The van der Waals surface area contributed by atoms with E-state index in [-0.39, 0.29) is 0 Å². The van der Waals surface area contributed by atoms with Gasteiger partial charge in [0.05, 0.1) is 17.0 Å². The van der Waals surface area contributed by atoms with Crippen molar-refractivity contribution in [3.63, 3.8) is 0 Å². The van der Waals surface area contributed by atoms with Crippen LogP contribution in [-0.4, -0.2) is 37.9 Å². The van der Waals surface area contributed by atoms with Crippen LogP contribution in [0.1, 0.15) is 50.1 Å². The molecule has 3 heterocycles. The molecule has 4 rings (SSSR count). The maximum atomic E-state index is 12.6. The van der Waals surface area contributed by atoms with Crippen LogP contribution in [0, 0.1) is 6.92 Å². The summed E-state index contributed by atoms with van der Waals surface area (Å²) in [7, 11) is 1.94. The Balaban J connectivity index is 1.98. The van der Waals surface area contributed by atoms with Gasteiger partial charge in [-0.05, 0) is 76.7 Å². The molecule has 0 saturated carbocycles. The first kappa shape index (κ1) is 28.4. The number of allylic oxidation sites excluding steroid dienone is 3. The van der Waals surface area contributed by atoms with Crippen LogP contribution in [0.5, 0.6) is 0 Å². The van der Waals surface area contributed by atoms with Gasteiger partial charge in [0.15, 0.2) is 6.10 Å². The Kier molecular flexibility index (Phi) is 8.20. The van der Waals surface area contributed by atoms with Gasteiger partial charge in [-0.25, -0.2) is 14.8 Å². The van der Waals surface area contributed by atoms with E-state index < -0.39 is 17.7 Å². The smallest absolute Gasteiger partial charge is 0.337 e. The standard InChI is InChI=1S/C30H31ClN4O3S/c1-17(9-8-14-32-6)28-34-22(16-39-28)23-15-21-25(19-10-12-20(31)13-11-19)24(18(2)33-27(21)35(23)7)26(29(36)37)38-30(3,4)5/h8-16,26H,6H2,1-5,7H3,(H,36,37)/b14-8-,17-9+/t26-/m0/s1. The van der Waals surface area contributed by atoms with Gasteiger partial charge >= 0.3 is 5.97 Å². The molecular formula is C30H31ClN4O3S. The van der Waals surface area contributed by atoms with E-state index >= 15 is 0 Å². The molecule has 3 aromatic heterocycles. The van der Waals surface area contributed by atoms with Crippen molar-refractivity contribution in [2.24, 2.45) is 12.0 Å². The molecule has 9 heteroatoms. The molecule has 1 atom stereocenters. The molecule has 0 radical (unpaired) electrons. The minimum Gasteiger partial charge on any atom is -0.479 e. The van der Waals surface area contributed by atoms with Crippen molar-refractivity contribution >= 4 is 52.2 Å². The number of nitrogens with zero attached hydrogens (tertiary/aromatic N) is 4. The second-order valence-corrected chi connectivity index (χ2v) is 11.5. The average molecular weight is 563 g/mol. The molecule has 0 fully saturated rings. The van der Waals surface area contributed by atoms with Crippen molar-refractivity contribution in [1.29, 1.82) is 0 Å². The Labute approximate surface area is 237 Å². The molecular weight excluding hydrogens is 532 g/mol. The van der Waals surface area contributed by atoms with Gasteiger partial charge in [0.2, 0.25) is 0 Å². The summed E-state index contributed by atoms with van der Waals surface area (Å²) in [5, 5.41) is 14.6. The van der Waals surface area contributed by atoms with E-state index in [2.05, 4.69) is 11.7 Å². The number of aliphatic imine (C=N–C) groups is 1. The number of hydrogen-bond donors (Lipinski definition) is 1. The first-order chi connectivity index (χ1) is 18.4. The van der Waals surface area contributed by atoms with Gasteiger partial charge in [0, 0.05) is 45.9 Å². The molecule has 39 heavy (non-hydrogen) atoms. The highest BCUT2D eigenvalue weighted by atomic mass is 35.5. The topological polar surface area (TPSA) is 89.6 Å². The minimum atomic E-state index is -1.21. The molecule has 0 aliphatic heterocycles. The van der Waals surface area contributed by atoms with Gasteiger partial charge in [-0.1, -0.05) is 29.8 Å². The molecule has 0 spiro atoms. The maximum absolute atomic E-state index is 12.6. The largest absolute Gasteiger partial charge is 0.479 e. The van der Waals surface area contributed by atoms with Gasteiger partial charge in [-0.2, -0.15) is 0 Å². The molecule has 0 bridgehead atoms. The molecule has 1 aromatic carbocycles. The van der Waals surface area contributed by atoms with Crippen LogP contribution in [0.4, 0.5) is 0 Å². The SMILES string of the molecule is C=N/C=C\C=C(/C)c1nc(-c2cc3c(-c4ccc(Cl)cc4)c([C@H](OC(C)(C)C)C(=O)O)c(C)nc3n2C)cs1. The normalized spacial score (nSPS) is 13.4. The van der Waals surface area contributed by atoms with E-state index in [9.17, 15) is 9.90 Å². The van der Waals surface area contributed by atoms with Gasteiger partial charge in [0.1, 0.15) is 10.7 Å². The summed E-state index contributed by atoms with van der Waals surface area (Å²) in [6.07, 6.45) is 4.17. The summed E-state index contributed by atoms with van der Waals surface area (Å²) in [5.41, 5.74) is 5.38. The van der Waals surface area contributed by atoms with Crippen molar-refractivity contribution in [2.75, 3.05) is 0 Å². The van der Waals surface area contributed by atoms with Crippen molar-refractivity contribution in [1.82, 2.24) is 14.5 Å². The van der Waals surface area contributed by atoms with E-state index in [4.69, 9.17) is 26.3 Å². The quantitative estimate of drug-likeness (QED) is 0.174. The Bertz CT molecular complexity index is 1610. The summed E-state index contributed by atoms with van der Waals surface area (Å²) >= 11 is 7.75. The van der Waals surface area contributed by atoms with Crippen molar-refractivity contribution in [3.05, 3.63) is 75.4 Å². The highest BCUT2D eigenvalue weighted by molar-refractivity contribution is 7.11. The molecule has 7 nitrogen and oxygen atoms in total. The Morgan fingerprint density at radius 1 is 1.26 bits per heavy atom. The fourth-order valence-corrected chi connectivity index (χ4v) is 5.36. The lowest BCUT2D eigenvalue weighted by molar-refractivity contribution is -0.160. The van der Waals surface area contributed by atoms with Gasteiger partial charge in [0.25, 0.3) is 0 Å². The van der Waals surface area contributed by atoms with Crippen molar-refractivity contribution < 1.29 is 14.6 Å². The van der Waals surface area contributed by atoms with E-state index in [1.165, 1.54) is 0 Å². The van der Waals surface area contributed by atoms with Gasteiger partial charge < -0.3 is 14.4 Å². The lowest BCUT2D eigenvalue weighted by atomic mass is 9.92. The molecule has 4 aromatic rings. The fraction of sp³-hybridized carbons (Fsp3) is 0.267. The second kappa shape index (κ2) is 11.3. The van der Waals surface area contributed by atoms with E-state index in [0.29, 0.717) is 16.3 Å². The molecule has 0 aliphatic carbocycles. The molecule has 0 aliphatic rings. The first-order valence-corrected chi connectivity index (χ1v) is 13.6. The Morgan fingerprint density at radius 2 is 1.95 bits per heavy atom. The van der Waals surface area contributed by atoms with Crippen LogP contribution < -0.4 is 0 Å². The maximum Gasteiger partial charge on any atom is 0.337 e. The predicted octanol–water partition coefficient (Wildman–Crippen LogP) is 7.88. The molecule has 1 N–H and O–H groups in total. The highest BCUT2D eigenvalue weighted by Gasteiger charge is 2.33. The number of rotatable bonds is 8. The number of halogens is 1. The Hall–Kier alpha value is -3.59. The van der Waals surface area contributed by atoms with E-state index in [1.54, 1.807) is 29.7 Å². The number of benzene rings is 1. The lowest BCUT2D eigenvalue weighted by Crippen LogP contribution is -2.28. The summed E-state index contributed by atoms with van der Waals surface area (Å²) in [6.45, 7) is 12.8. The number of ether oxygens (including phenoxy) is 1. The molecule has 0 unspecified atom stereocenters. The summed E-state index contributed by atoms with van der Waals surface area (Å²) in [6, 6.07) is 9.40. The average Bonchev–Trinajstić information content (AvgIpc) is 3.47. The van der Waals surface area contributed by atoms with Gasteiger partial charge in [-0.15, -0.1) is 11.3 Å². The third kappa shape index (κ3) is 6.03. The third-order valence-electron chi connectivity index (χ3n) is 6.14. The van der Waals surface area contributed by atoms with Crippen LogP contribution in [0.3, 0.4) is 0 Å². The van der Waals surface area contributed by atoms with Crippen LogP contribution in [0.15, 0.2) is 59.1 Å². The zero-order valence-electron chi connectivity index (χ0n) is 22.8. The first-order valence-electron chi connectivity index (χ1n) is 12.3. The van der Waals surface area contributed by atoms with E-state index in [1.807, 2.05) is 82.0 Å². The Morgan fingerprint density at radius 3 is 2.56 bits per heavy atom. The van der Waals surface area contributed by atoms with Crippen molar-refractivity contribution in [2.45, 2.75) is 46.3 Å². The summed E-state index contributed by atoms with van der Waals surface area (Å²) < 4.78 is 8.08. The molecule has 202 valence electrons.